The molecule has 1 saturated heterocycles. The summed E-state index contributed by atoms with van der Waals surface area (Å²) >= 11 is 0. The molecule has 0 aromatic rings. The lowest BCUT2D eigenvalue weighted by Crippen LogP contribution is -2.32. The van der Waals surface area contributed by atoms with Crippen molar-refractivity contribution in [3.63, 3.8) is 0 Å². The van der Waals surface area contributed by atoms with E-state index in [1.165, 1.54) is 19.3 Å². The molecule has 1 aliphatic heterocycles. The highest BCUT2D eigenvalue weighted by Crippen LogP contribution is 2.08. The molecule has 1 unspecified atom stereocenters. The molecule has 0 aromatic carbocycles. The fraction of sp³-hybridized carbons (Fsp3) is 0.909. The number of carbonyl (C=O) groups is 1. The van der Waals surface area contributed by atoms with Gasteiger partial charge in [-0.05, 0) is 25.8 Å². The van der Waals surface area contributed by atoms with E-state index in [1.54, 1.807) is 0 Å². The predicted octanol–water partition coefficient (Wildman–Crippen LogP) is 1.43. The molecule has 2 N–H and O–H groups in total. The van der Waals surface area contributed by atoms with Crippen LogP contribution in [-0.2, 0) is 4.79 Å². The van der Waals surface area contributed by atoms with E-state index in [4.69, 9.17) is 0 Å². The third-order valence-electron chi connectivity index (χ3n) is 2.70. The molecule has 1 rings (SSSR count). The number of hydrogen-bond donors (Lipinski definition) is 2. The van der Waals surface area contributed by atoms with Gasteiger partial charge in [0.05, 0.1) is 0 Å². The molecule has 82 valence electrons. The summed E-state index contributed by atoms with van der Waals surface area (Å²) in [6.45, 7) is 4.09. The normalized spacial score (nSPS) is 21.1. The van der Waals surface area contributed by atoms with Crippen LogP contribution in [0.25, 0.3) is 0 Å². The lowest BCUT2D eigenvalue weighted by molar-refractivity contribution is -0.121. The van der Waals surface area contributed by atoms with Gasteiger partial charge in [0.25, 0.3) is 0 Å². The summed E-state index contributed by atoms with van der Waals surface area (Å²) in [5.41, 5.74) is 0. The third kappa shape index (κ3) is 4.61. The quantitative estimate of drug-likeness (QED) is 0.634. The van der Waals surface area contributed by atoms with Crippen molar-refractivity contribution in [2.75, 3.05) is 13.1 Å². The van der Waals surface area contributed by atoms with Gasteiger partial charge in [-0.3, -0.25) is 4.79 Å². The Labute approximate surface area is 86.6 Å². The van der Waals surface area contributed by atoms with E-state index >= 15 is 0 Å². The van der Waals surface area contributed by atoms with Crippen LogP contribution in [0, 0.1) is 0 Å². The molecule has 0 saturated carbocycles. The Morgan fingerprint density at radius 2 is 2.36 bits per heavy atom. The molecule has 0 aliphatic carbocycles. The number of hydrogen-bond acceptors (Lipinski definition) is 2. The Kier molecular flexibility index (Phi) is 5.60. The fourth-order valence-electron chi connectivity index (χ4n) is 1.83. The van der Waals surface area contributed by atoms with Crippen LogP contribution in [0.2, 0.25) is 0 Å². The summed E-state index contributed by atoms with van der Waals surface area (Å²) < 4.78 is 0. The van der Waals surface area contributed by atoms with Crippen molar-refractivity contribution in [3.8, 4) is 0 Å². The molecular formula is C11H22N2O. The van der Waals surface area contributed by atoms with Crippen molar-refractivity contribution in [1.29, 1.82) is 0 Å². The van der Waals surface area contributed by atoms with Gasteiger partial charge < -0.3 is 10.6 Å². The summed E-state index contributed by atoms with van der Waals surface area (Å²) in [5, 5.41) is 6.29. The topological polar surface area (TPSA) is 41.1 Å². The average Bonchev–Trinajstić information content (AvgIpc) is 2.65. The van der Waals surface area contributed by atoms with Crippen LogP contribution < -0.4 is 10.6 Å². The summed E-state index contributed by atoms with van der Waals surface area (Å²) in [6.07, 6.45) is 6.56. The summed E-state index contributed by atoms with van der Waals surface area (Å²) in [4.78, 5) is 11.4. The maximum atomic E-state index is 11.4. The van der Waals surface area contributed by atoms with Gasteiger partial charge in [0, 0.05) is 19.0 Å². The number of unbranched alkanes of at least 4 members (excludes halogenated alkanes) is 2. The van der Waals surface area contributed by atoms with Gasteiger partial charge >= 0.3 is 0 Å². The number of nitrogens with one attached hydrogen (secondary N) is 2. The van der Waals surface area contributed by atoms with Crippen molar-refractivity contribution in [2.45, 2.75) is 51.5 Å². The fourth-order valence-corrected chi connectivity index (χ4v) is 1.83. The highest BCUT2D eigenvalue weighted by Gasteiger charge is 2.16. The number of amides is 1. The molecule has 3 nitrogen and oxygen atoms in total. The monoisotopic (exact) mass is 198 g/mol. The maximum absolute atomic E-state index is 11.4. The Bertz CT molecular complexity index is 165. The van der Waals surface area contributed by atoms with Gasteiger partial charge in [-0.25, -0.2) is 0 Å². The smallest absolute Gasteiger partial charge is 0.221 e. The highest BCUT2D eigenvalue weighted by molar-refractivity contribution is 5.76. The van der Waals surface area contributed by atoms with E-state index in [2.05, 4.69) is 17.6 Å². The molecule has 0 spiro atoms. The highest BCUT2D eigenvalue weighted by atomic mass is 16.1. The zero-order chi connectivity index (χ0) is 10.2. The van der Waals surface area contributed by atoms with Crippen molar-refractivity contribution < 1.29 is 4.79 Å². The summed E-state index contributed by atoms with van der Waals surface area (Å²) in [5.74, 6) is 0.209. The van der Waals surface area contributed by atoms with Gasteiger partial charge in [0.15, 0.2) is 0 Å². The second-order valence-corrected chi connectivity index (χ2v) is 4.05. The van der Waals surface area contributed by atoms with Crippen LogP contribution in [0.3, 0.4) is 0 Å². The van der Waals surface area contributed by atoms with Crippen LogP contribution in [0.5, 0.6) is 0 Å². The molecule has 1 atom stereocenters. The first-order valence-corrected chi connectivity index (χ1v) is 5.83. The molecule has 0 radical (unpaired) electrons. The first-order valence-electron chi connectivity index (χ1n) is 5.83. The van der Waals surface area contributed by atoms with E-state index < -0.39 is 0 Å². The Morgan fingerprint density at radius 3 is 3.00 bits per heavy atom. The van der Waals surface area contributed by atoms with Crippen LogP contribution in [0.15, 0.2) is 0 Å². The van der Waals surface area contributed by atoms with Gasteiger partial charge in [0.1, 0.15) is 0 Å². The van der Waals surface area contributed by atoms with Crippen molar-refractivity contribution in [2.24, 2.45) is 0 Å². The molecule has 14 heavy (non-hydrogen) atoms. The minimum absolute atomic E-state index is 0.209. The largest absolute Gasteiger partial charge is 0.356 e. The predicted molar refractivity (Wildman–Crippen MR) is 58.2 cm³/mol. The second kappa shape index (κ2) is 6.82. The van der Waals surface area contributed by atoms with Crippen LogP contribution in [-0.4, -0.2) is 25.0 Å². The van der Waals surface area contributed by atoms with Crippen LogP contribution in [0.4, 0.5) is 0 Å². The lowest BCUT2D eigenvalue weighted by Gasteiger charge is -2.09. The van der Waals surface area contributed by atoms with Crippen molar-refractivity contribution >= 4 is 5.91 Å². The molecule has 3 heteroatoms. The first kappa shape index (κ1) is 11.5. The zero-order valence-corrected chi connectivity index (χ0v) is 9.14. The van der Waals surface area contributed by atoms with Gasteiger partial charge in [-0.1, -0.05) is 19.8 Å². The van der Waals surface area contributed by atoms with Crippen molar-refractivity contribution in [3.05, 3.63) is 0 Å². The zero-order valence-electron chi connectivity index (χ0n) is 9.14. The lowest BCUT2D eigenvalue weighted by atomic mass is 10.1. The average molecular weight is 198 g/mol. The van der Waals surface area contributed by atoms with Gasteiger partial charge in [-0.2, -0.15) is 0 Å². The standard InChI is InChI=1S/C11H22N2O/c1-2-3-4-7-13-11(14)9-10-6-5-8-12-10/h10,12H,2-9H2,1H3,(H,13,14). The van der Waals surface area contributed by atoms with E-state index in [9.17, 15) is 4.79 Å². The van der Waals surface area contributed by atoms with Crippen molar-refractivity contribution in [1.82, 2.24) is 10.6 Å². The molecule has 1 amide bonds. The molecular weight excluding hydrogens is 176 g/mol. The molecule has 0 aromatic heterocycles. The SMILES string of the molecule is CCCCCNC(=O)CC1CCCN1. The van der Waals surface area contributed by atoms with E-state index in [0.29, 0.717) is 12.5 Å². The summed E-state index contributed by atoms with van der Waals surface area (Å²) in [7, 11) is 0. The molecule has 1 aliphatic rings. The van der Waals surface area contributed by atoms with E-state index in [-0.39, 0.29) is 5.91 Å². The molecule has 1 fully saturated rings. The van der Waals surface area contributed by atoms with E-state index in [0.717, 1.165) is 25.9 Å². The second-order valence-electron chi connectivity index (χ2n) is 4.05. The van der Waals surface area contributed by atoms with Crippen LogP contribution >= 0.6 is 0 Å². The summed E-state index contributed by atoms with van der Waals surface area (Å²) in [6, 6.07) is 0.432. The van der Waals surface area contributed by atoms with Gasteiger partial charge in [-0.15, -0.1) is 0 Å². The van der Waals surface area contributed by atoms with E-state index in [1.807, 2.05) is 0 Å². The number of carbonyl (C=O) groups excluding carboxylic acids is 1. The Hall–Kier alpha value is -0.570. The van der Waals surface area contributed by atoms with Gasteiger partial charge in [0.2, 0.25) is 5.91 Å². The third-order valence-corrected chi connectivity index (χ3v) is 2.70. The minimum atomic E-state index is 0.209. The first-order chi connectivity index (χ1) is 6.83. The molecule has 1 heterocycles. The minimum Gasteiger partial charge on any atom is -0.356 e. The maximum Gasteiger partial charge on any atom is 0.221 e. The molecule has 0 bridgehead atoms. The Balaban J connectivity index is 1.98. The number of rotatable bonds is 6. The Morgan fingerprint density at radius 1 is 1.50 bits per heavy atom. The van der Waals surface area contributed by atoms with Crippen LogP contribution in [0.1, 0.15) is 45.4 Å².